The minimum Gasteiger partial charge on any atom is -0.374 e. The smallest absolute Gasteiger partial charge is 0.131 e. The summed E-state index contributed by atoms with van der Waals surface area (Å²) in [5.41, 5.74) is 3.00. The summed E-state index contributed by atoms with van der Waals surface area (Å²) in [6.07, 6.45) is -0.555. The predicted octanol–water partition coefficient (Wildman–Crippen LogP) is 3.65. The number of hydrogen-bond acceptors (Lipinski definition) is 4. The molecule has 2 saturated heterocycles. The van der Waals surface area contributed by atoms with Crippen molar-refractivity contribution in [3.05, 3.63) is 71.3 Å². The molecule has 4 atom stereocenters. The molecule has 0 radical (unpaired) electrons. The first-order valence-corrected chi connectivity index (χ1v) is 9.30. The second kappa shape index (κ2) is 8.21. The average molecular weight is 393 g/mol. The van der Waals surface area contributed by atoms with Gasteiger partial charge in [0.25, 0.3) is 0 Å². The minimum absolute atomic E-state index is 0.0794. The quantitative estimate of drug-likeness (QED) is 0.813. The van der Waals surface area contributed by atoms with Gasteiger partial charge in [-0.25, -0.2) is 13.2 Å². The van der Waals surface area contributed by atoms with E-state index in [-0.39, 0.29) is 24.2 Å². The number of rotatable bonds is 6. The molecular formula is C21H22F3NO3. The fourth-order valence-electron chi connectivity index (χ4n) is 4.07. The highest BCUT2D eigenvalue weighted by atomic mass is 19.1. The Labute approximate surface area is 161 Å². The molecule has 0 saturated carbocycles. The highest BCUT2D eigenvalue weighted by Gasteiger charge is 2.55. The van der Waals surface area contributed by atoms with E-state index >= 15 is 0 Å². The maximum atomic E-state index is 14.5. The third-order valence-corrected chi connectivity index (χ3v) is 5.52. The second-order valence-electron chi connectivity index (χ2n) is 7.28. The van der Waals surface area contributed by atoms with Crippen LogP contribution in [0.1, 0.15) is 17.5 Å². The van der Waals surface area contributed by atoms with Crippen LogP contribution in [0.25, 0.3) is 0 Å². The van der Waals surface area contributed by atoms with Crippen molar-refractivity contribution in [2.75, 3.05) is 19.9 Å². The fourth-order valence-corrected chi connectivity index (χ4v) is 4.07. The molecule has 2 aliphatic heterocycles. The van der Waals surface area contributed by atoms with E-state index in [1.54, 1.807) is 0 Å². The first-order chi connectivity index (χ1) is 13.6. The molecule has 0 amide bonds. The largest absolute Gasteiger partial charge is 0.374 e. The summed E-state index contributed by atoms with van der Waals surface area (Å²) >= 11 is 0. The molecular weight excluding hydrogens is 371 g/mol. The molecule has 150 valence electrons. The summed E-state index contributed by atoms with van der Waals surface area (Å²) in [5, 5.41) is 0. The van der Waals surface area contributed by atoms with Gasteiger partial charge in [0.2, 0.25) is 0 Å². The number of ether oxygens (including phenoxy) is 2. The highest BCUT2D eigenvalue weighted by Crippen LogP contribution is 2.45. The van der Waals surface area contributed by atoms with Gasteiger partial charge >= 0.3 is 0 Å². The van der Waals surface area contributed by atoms with E-state index in [1.165, 1.54) is 12.1 Å². The van der Waals surface area contributed by atoms with E-state index in [4.69, 9.17) is 14.3 Å². The number of nitrogens with one attached hydrogen (secondary N) is 1. The van der Waals surface area contributed by atoms with Crippen molar-refractivity contribution in [2.24, 2.45) is 5.92 Å². The van der Waals surface area contributed by atoms with E-state index < -0.39 is 30.0 Å². The Kier molecular flexibility index (Phi) is 5.68. The molecule has 1 N–H and O–H groups in total. The molecule has 4 nitrogen and oxygen atoms in total. The van der Waals surface area contributed by atoms with Crippen molar-refractivity contribution in [1.29, 1.82) is 0 Å². The van der Waals surface area contributed by atoms with Gasteiger partial charge in [-0.3, -0.25) is 4.84 Å². The number of hydroxylamine groups is 1. The standard InChI is InChI=1S/C21H22F3NO3/c22-10-20-18-9-16(12-26-11-14-4-2-1-3-5-14)27-13-21(18,25-28-20)17-7-6-15(23)8-19(17)24/h1-8,16,18,20,25H,9-13H2/t16?,18?,20?,21-/m1/s1. The van der Waals surface area contributed by atoms with Crippen molar-refractivity contribution in [3.8, 4) is 0 Å². The lowest BCUT2D eigenvalue weighted by Crippen LogP contribution is -2.53. The van der Waals surface area contributed by atoms with Gasteiger partial charge in [0.1, 0.15) is 24.4 Å². The zero-order chi connectivity index (χ0) is 19.6. The normalized spacial score (nSPS) is 29.6. The molecule has 2 aliphatic rings. The third kappa shape index (κ3) is 3.67. The highest BCUT2D eigenvalue weighted by molar-refractivity contribution is 5.30. The number of benzene rings is 2. The monoisotopic (exact) mass is 393 g/mol. The zero-order valence-electron chi connectivity index (χ0n) is 15.2. The van der Waals surface area contributed by atoms with Gasteiger partial charge in [0.05, 0.1) is 31.5 Å². The molecule has 0 aromatic heterocycles. The molecule has 28 heavy (non-hydrogen) atoms. The van der Waals surface area contributed by atoms with Crippen LogP contribution in [-0.4, -0.2) is 32.1 Å². The molecule has 2 aromatic carbocycles. The van der Waals surface area contributed by atoms with Crippen LogP contribution in [0, 0.1) is 17.6 Å². The molecule has 2 aromatic rings. The van der Waals surface area contributed by atoms with Crippen molar-refractivity contribution in [3.63, 3.8) is 0 Å². The topological polar surface area (TPSA) is 39.7 Å². The summed E-state index contributed by atoms with van der Waals surface area (Å²) in [4.78, 5) is 5.41. The van der Waals surface area contributed by atoms with Gasteiger partial charge < -0.3 is 9.47 Å². The molecule has 2 heterocycles. The number of alkyl halides is 1. The van der Waals surface area contributed by atoms with E-state index in [0.717, 1.165) is 11.6 Å². The van der Waals surface area contributed by atoms with Gasteiger partial charge in [-0.2, -0.15) is 5.48 Å². The van der Waals surface area contributed by atoms with E-state index in [0.29, 0.717) is 19.6 Å². The van der Waals surface area contributed by atoms with Crippen LogP contribution in [0.5, 0.6) is 0 Å². The van der Waals surface area contributed by atoms with Crippen LogP contribution >= 0.6 is 0 Å². The Morgan fingerprint density at radius 3 is 2.71 bits per heavy atom. The molecule has 0 bridgehead atoms. The van der Waals surface area contributed by atoms with Crippen molar-refractivity contribution in [1.82, 2.24) is 5.48 Å². The maximum absolute atomic E-state index is 14.5. The van der Waals surface area contributed by atoms with Crippen molar-refractivity contribution >= 4 is 0 Å². The number of halogens is 3. The predicted molar refractivity (Wildman–Crippen MR) is 96.0 cm³/mol. The summed E-state index contributed by atoms with van der Waals surface area (Å²) in [6, 6.07) is 13.1. The Morgan fingerprint density at radius 2 is 1.96 bits per heavy atom. The second-order valence-corrected chi connectivity index (χ2v) is 7.28. The van der Waals surface area contributed by atoms with Crippen LogP contribution in [0.15, 0.2) is 48.5 Å². The Morgan fingerprint density at radius 1 is 1.14 bits per heavy atom. The van der Waals surface area contributed by atoms with Crippen LogP contribution in [-0.2, 0) is 26.5 Å². The zero-order valence-corrected chi connectivity index (χ0v) is 15.2. The van der Waals surface area contributed by atoms with Gasteiger partial charge in [0.15, 0.2) is 0 Å². The summed E-state index contributed by atoms with van der Waals surface area (Å²) in [5.74, 6) is -1.74. The first kappa shape index (κ1) is 19.4. The van der Waals surface area contributed by atoms with E-state index in [9.17, 15) is 13.2 Å². The molecule has 0 aliphatic carbocycles. The minimum atomic E-state index is -1.05. The van der Waals surface area contributed by atoms with Crippen molar-refractivity contribution in [2.45, 2.75) is 30.8 Å². The lowest BCUT2D eigenvalue weighted by Gasteiger charge is -2.42. The van der Waals surface area contributed by atoms with Crippen molar-refractivity contribution < 1.29 is 27.5 Å². The molecule has 0 spiro atoms. The van der Waals surface area contributed by atoms with Gasteiger partial charge in [-0.1, -0.05) is 36.4 Å². The SMILES string of the molecule is FCC1ON[C@@]2(c3ccc(F)cc3F)COC(COCc3ccccc3)CC12. The van der Waals surface area contributed by atoms with E-state index in [1.807, 2.05) is 30.3 Å². The Hall–Kier alpha value is -1.93. The van der Waals surface area contributed by atoms with Crippen LogP contribution in [0.2, 0.25) is 0 Å². The molecule has 7 heteroatoms. The summed E-state index contributed by atoms with van der Waals surface area (Å²) in [7, 11) is 0. The molecule has 3 unspecified atom stereocenters. The third-order valence-electron chi connectivity index (χ3n) is 5.52. The van der Waals surface area contributed by atoms with Gasteiger partial charge in [-0.15, -0.1) is 0 Å². The average Bonchev–Trinajstić information content (AvgIpc) is 3.07. The lowest BCUT2D eigenvalue weighted by atomic mass is 9.73. The van der Waals surface area contributed by atoms with Crippen LogP contribution in [0.3, 0.4) is 0 Å². The number of fused-ring (bicyclic) bond motifs is 1. The lowest BCUT2D eigenvalue weighted by molar-refractivity contribution is -0.100. The molecule has 2 fully saturated rings. The van der Waals surface area contributed by atoms with Gasteiger partial charge in [0, 0.05) is 17.5 Å². The van der Waals surface area contributed by atoms with Crippen LogP contribution < -0.4 is 5.48 Å². The van der Waals surface area contributed by atoms with E-state index in [2.05, 4.69) is 5.48 Å². The Bertz CT molecular complexity index is 807. The molecule has 4 rings (SSSR count). The Balaban J connectivity index is 1.47. The summed E-state index contributed by atoms with van der Waals surface area (Å²) in [6.45, 7) is 0.159. The summed E-state index contributed by atoms with van der Waals surface area (Å²) < 4.78 is 53.0. The van der Waals surface area contributed by atoms with Crippen LogP contribution in [0.4, 0.5) is 13.2 Å². The maximum Gasteiger partial charge on any atom is 0.131 e. The number of hydrogen-bond donors (Lipinski definition) is 1. The first-order valence-electron chi connectivity index (χ1n) is 9.30. The van der Waals surface area contributed by atoms with Gasteiger partial charge in [-0.05, 0) is 18.1 Å². The fraction of sp³-hybridized carbons (Fsp3) is 0.429.